The third kappa shape index (κ3) is 2.90. The van der Waals surface area contributed by atoms with Gasteiger partial charge in [0.1, 0.15) is 6.33 Å². The highest BCUT2D eigenvalue weighted by molar-refractivity contribution is 5.20. The Morgan fingerprint density at radius 3 is 2.47 bits per heavy atom. The van der Waals surface area contributed by atoms with E-state index in [2.05, 4.69) is 47.0 Å². The summed E-state index contributed by atoms with van der Waals surface area (Å²) in [7, 11) is 0. The number of rotatable bonds is 2. The van der Waals surface area contributed by atoms with Crippen LogP contribution in [-0.4, -0.2) is 20.2 Å². The average Bonchev–Trinajstić information content (AvgIpc) is 2.63. The number of nitrogens with one attached hydrogen (secondary N) is 1. The van der Waals surface area contributed by atoms with Gasteiger partial charge in [-0.1, -0.05) is 20.8 Å². The number of nitrogens with zero attached hydrogens (tertiary/aromatic N) is 3. The molecule has 90 valence electrons. The molecule has 2 rings (SSSR count). The molecule has 2 aromatic rings. The number of aromatic nitrogens is 4. The number of aryl methyl sites for hydroxylation is 1. The second-order valence-corrected chi connectivity index (χ2v) is 5.36. The van der Waals surface area contributed by atoms with Gasteiger partial charge < -0.3 is 0 Å². The van der Waals surface area contributed by atoms with Gasteiger partial charge in [-0.25, -0.2) is 9.97 Å². The molecule has 1 N–H and O–H groups in total. The molecule has 2 aromatic heterocycles. The van der Waals surface area contributed by atoms with Gasteiger partial charge in [-0.15, -0.1) is 0 Å². The topological polar surface area (TPSA) is 54.5 Å². The minimum Gasteiger partial charge on any atom is -0.283 e. The van der Waals surface area contributed by atoms with E-state index in [-0.39, 0.29) is 5.41 Å². The lowest BCUT2D eigenvalue weighted by atomic mass is 9.91. The van der Waals surface area contributed by atoms with E-state index in [4.69, 9.17) is 0 Å². The lowest BCUT2D eigenvalue weighted by molar-refractivity contribution is 0.565. The summed E-state index contributed by atoms with van der Waals surface area (Å²) in [5.41, 5.74) is 4.22. The van der Waals surface area contributed by atoms with E-state index in [0.717, 1.165) is 29.2 Å². The van der Waals surface area contributed by atoms with Crippen molar-refractivity contribution in [2.45, 2.75) is 39.5 Å². The Bertz CT molecular complexity index is 508. The van der Waals surface area contributed by atoms with Crippen molar-refractivity contribution in [3.8, 4) is 0 Å². The quantitative estimate of drug-likeness (QED) is 0.861. The Hall–Kier alpha value is -1.71. The molecular formula is C13H18N4. The van der Waals surface area contributed by atoms with Crippen molar-refractivity contribution < 1.29 is 0 Å². The lowest BCUT2D eigenvalue weighted by Crippen LogP contribution is -2.14. The highest BCUT2D eigenvalue weighted by Crippen LogP contribution is 2.20. The molecule has 17 heavy (non-hydrogen) atoms. The van der Waals surface area contributed by atoms with Crippen molar-refractivity contribution in [1.29, 1.82) is 0 Å². The molecule has 0 amide bonds. The summed E-state index contributed by atoms with van der Waals surface area (Å²) in [5.74, 6) is 0. The summed E-state index contributed by atoms with van der Waals surface area (Å²) < 4.78 is 0. The SMILES string of the molecule is Cc1cc(Cc2cc(C(C)(C)C)ncn2)n[nH]1. The highest BCUT2D eigenvalue weighted by atomic mass is 15.1. The van der Waals surface area contributed by atoms with Gasteiger partial charge in [-0.05, 0) is 19.1 Å². The summed E-state index contributed by atoms with van der Waals surface area (Å²) in [6.45, 7) is 8.45. The van der Waals surface area contributed by atoms with Crippen LogP contribution < -0.4 is 0 Å². The molecule has 0 saturated carbocycles. The van der Waals surface area contributed by atoms with Gasteiger partial charge in [0, 0.05) is 23.2 Å². The van der Waals surface area contributed by atoms with E-state index in [1.54, 1.807) is 6.33 Å². The minimum absolute atomic E-state index is 0.0547. The first kappa shape index (κ1) is 11.8. The second-order valence-electron chi connectivity index (χ2n) is 5.36. The van der Waals surface area contributed by atoms with Crippen LogP contribution in [0.1, 0.15) is 43.5 Å². The van der Waals surface area contributed by atoms with E-state index >= 15 is 0 Å². The lowest BCUT2D eigenvalue weighted by Gasteiger charge is -2.17. The Balaban J connectivity index is 2.22. The molecule has 0 spiro atoms. The molecule has 0 atom stereocenters. The van der Waals surface area contributed by atoms with Gasteiger partial charge in [0.05, 0.1) is 11.4 Å². The molecule has 0 aromatic carbocycles. The molecular weight excluding hydrogens is 212 g/mol. The Morgan fingerprint density at radius 2 is 1.88 bits per heavy atom. The molecule has 0 radical (unpaired) electrons. The van der Waals surface area contributed by atoms with Crippen LogP contribution in [0.5, 0.6) is 0 Å². The van der Waals surface area contributed by atoms with Crippen LogP contribution in [0, 0.1) is 6.92 Å². The molecule has 0 unspecified atom stereocenters. The first-order valence-electron chi connectivity index (χ1n) is 5.77. The molecule has 0 saturated heterocycles. The predicted octanol–water partition coefficient (Wildman–Crippen LogP) is 2.40. The molecule has 2 heterocycles. The minimum atomic E-state index is 0.0547. The Morgan fingerprint density at radius 1 is 1.12 bits per heavy atom. The van der Waals surface area contributed by atoms with Gasteiger partial charge in [0.25, 0.3) is 0 Å². The zero-order valence-corrected chi connectivity index (χ0v) is 10.8. The van der Waals surface area contributed by atoms with E-state index in [9.17, 15) is 0 Å². The highest BCUT2D eigenvalue weighted by Gasteiger charge is 2.16. The summed E-state index contributed by atoms with van der Waals surface area (Å²) in [4.78, 5) is 8.61. The van der Waals surface area contributed by atoms with Gasteiger partial charge in [-0.3, -0.25) is 5.10 Å². The second kappa shape index (κ2) is 4.28. The largest absolute Gasteiger partial charge is 0.283 e. The van der Waals surface area contributed by atoms with Gasteiger partial charge in [0.2, 0.25) is 0 Å². The van der Waals surface area contributed by atoms with Crippen molar-refractivity contribution in [2.24, 2.45) is 0 Å². The standard InChI is InChI=1S/C13H18N4/c1-9-5-11(17-16-9)6-10-7-12(13(2,3)4)15-8-14-10/h5,7-8H,6H2,1-4H3,(H,16,17). The van der Waals surface area contributed by atoms with Crippen LogP contribution in [0.25, 0.3) is 0 Å². The van der Waals surface area contributed by atoms with E-state index < -0.39 is 0 Å². The zero-order chi connectivity index (χ0) is 12.5. The average molecular weight is 230 g/mol. The number of H-pyrrole nitrogens is 1. The zero-order valence-electron chi connectivity index (χ0n) is 10.8. The summed E-state index contributed by atoms with van der Waals surface area (Å²) in [6, 6.07) is 4.10. The smallest absolute Gasteiger partial charge is 0.115 e. The van der Waals surface area contributed by atoms with Crippen molar-refractivity contribution >= 4 is 0 Å². The molecule has 0 fully saturated rings. The molecule has 4 nitrogen and oxygen atoms in total. The van der Waals surface area contributed by atoms with Gasteiger partial charge >= 0.3 is 0 Å². The molecule has 0 aliphatic heterocycles. The monoisotopic (exact) mass is 230 g/mol. The number of aromatic amines is 1. The summed E-state index contributed by atoms with van der Waals surface area (Å²) in [5, 5.41) is 7.16. The first-order valence-corrected chi connectivity index (χ1v) is 5.77. The van der Waals surface area contributed by atoms with Crippen molar-refractivity contribution in [3.63, 3.8) is 0 Å². The fourth-order valence-corrected chi connectivity index (χ4v) is 1.65. The molecule has 4 heteroatoms. The Kier molecular flexibility index (Phi) is 2.96. The molecule has 0 aliphatic rings. The first-order chi connectivity index (χ1) is 7.95. The fourth-order valence-electron chi connectivity index (χ4n) is 1.65. The van der Waals surface area contributed by atoms with Crippen LogP contribution in [0.3, 0.4) is 0 Å². The van der Waals surface area contributed by atoms with Gasteiger partial charge in [0.15, 0.2) is 0 Å². The van der Waals surface area contributed by atoms with Crippen molar-refractivity contribution in [3.05, 3.63) is 41.2 Å². The van der Waals surface area contributed by atoms with Crippen LogP contribution in [-0.2, 0) is 11.8 Å². The molecule has 0 aliphatic carbocycles. The predicted molar refractivity (Wildman–Crippen MR) is 66.9 cm³/mol. The Labute approximate surface area is 102 Å². The number of hydrogen-bond acceptors (Lipinski definition) is 3. The normalized spacial score (nSPS) is 11.8. The number of hydrogen-bond donors (Lipinski definition) is 1. The van der Waals surface area contributed by atoms with E-state index in [1.807, 2.05) is 13.0 Å². The fraction of sp³-hybridized carbons (Fsp3) is 0.462. The maximum atomic E-state index is 4.32. The third-order valence-electron chi connectivity index (χ3n) is 2.61. The van der Waals surface area contributed by atoms with Crippen molar-refractivity contribution in [1.82, 2.24) is 20.2 Å². The van der Waals surface area contributed by atoms with Crippen LogP contribution >= 0.6 is 0 Å². The van der Waals surface area contributed by atoms with E-state index in [1.165, 1.54) is 0 Å². The summed E-state index contributed by atoms with van der Waals surface area (Å²) >= 11 is 0. The van der Waals surface area contributed by atoms with E-state index in [0.29, 0.717) is 0 Å². The van der Waals surface area contributed by atoms with Crippen molar-refractivity contribution in [2.75, 3.05) is 0 Å². The van der Waals surface area contributed by atoms with Gasteiger partial charge in [-0.2, -0.15) is 5.10 Å². The van der Waals surface area contributed by atoms with Crippen LogP contribution in [0.2, 0.25) is 0 Å². The van der Waals surface area contributed by atoms with Crippen LogP contribution in [0.4, 0.5) is 0 Å². The molecule has 0 bridgehead atoms. The third-order valence-corrected chi connectivity index (χ3v) is 2.61. The van der Waals surface area contributed by atoms with Crippen LogP contribution in [0.15, 0.2) is 18.5 Å². The summed E-state index contributed by atoms with van der Waals surface area (Å²) in [6.07, 6.45) is 2.38. The maximum absolute atomic E-state index is 4.32. The maximum Gasteiger partial charge on any atom is 0.115 e.